The van der Waals surface area contributed by atoms with E-state index in [0.717, 1.165) is 12.8 Å². The van der Waals surface area contributed by atoms with Crippen molar-refractivity contribution in [2.75, 3.05) is 23.8 Å². The first-order chi connectivity index (χ1) is 9.67. The third-order valence-corrected chi connectivity index (χ3v) is 3.11. The molecule has 106 valence electrons. The van der Waals surface area contributed by atoms with Crippen LogP contribution in [0.25, 0.3) is 0 Å². The van der Waals surface area contributed by atoms with Gasteiger partial charge in [0.05, 0.1) is 31.0 Å². The van der Waals surface area contributed by atoms with Gasteiger partial charge in [-0.3, -0.25) is 0 Å². The topological polar surface area (TPSA) is 92.2 Å². The molecule has 0 atom stereocenters. The molecule has 1 heterocycles. The number of hydrogen-bond acceptors (Lipinski definition) is 6. The molecule has 0 unspecified atom stereocenters. The van der Waals surface area contributed by atoms with Gasteiger partial charge in [-0.05, 0) is 25.8 Å². The van der Waals surface area contributed by atoms with Crippen molar-refractivity contribution in [1.82, 2.24) is 4.98 Å². The van der Waals surface area contributed by atoms with E-state index in [0.29, 0.717) is 42.7 Å². The zero-order valence-electron chi connectivity index (χ0n) is 11.5. The van der Waals surface area contributed by atoms with Crippen LogP contribution in [-0.4, -0.2) is 30.1 Å². The molecule has 1 aliphatic carbocycles. The maximum Gasteiger partial charge on any atom is 0.341 e. The highest BCUT2D eigenvalue weighted by Crippen LogP contribution is 2.33. The summed E-state index contributed by atoms with van der Waals surface area (Å²) in [5.74, 6) is 0.139. The van der Waals surface area contributed by atoms with Crippen molar-refractivity contribution in [2.45, 2.75) is 32.2 Å². The minimum atomic E-state index is -0.426. The number of rotatable bonds is 6. The Hall–Kier alpha value is -2.29. The number of nitrogens with two attached hydrogens (primary N) is 1. The second kappa shape index (κ2) is 6.24. The van der Waals surface area contributed by atoms with Crippen LogP contribution in [0.1, 0.15) is 36.5 Å². The molecule has 6 nitrogen and oxygen atoms in total. The largest absolute Gasteiger partial charge is 0.462 e. The van der Waals surface area contributed by atoms with Gasteiger partial charge in [-0.15, -0.1) is 0 Å². The van der Waals surface area contributed by atoms with Crippen molar-refractivity contribution in [3.63, 3.8) is 0 Å². The number of nitrogen functional groups attached to an aromatic ring is 1. The van der Waals surface area contributed by atoms with E-state index < -0.39 is 5.97 Å². The molecule has 0 aromatic carbocycles. The van der Waals surface area contributed by atoms with Gasteiger partial charge in [0.2, 0.25) is 0 Å². The van der Waals surface area contributed by atoms with Gasteiger partial charge >= 0.3 is 5.97 Å². The van der Waals surface area contributed by atoms with Crippen LogP contribution in [0.15, 0.2) is 12.3 Å². The Bertz CT molecular complexity index is 534. The average Bonchev–Trinajstić information content (AvgIpc) is 3.25. The van der Waals surface area contributed by atoms with Crippen molar-refractivity contribution in [3.05, 3.63) is 17.8 Å². The summed E-state index contributed by atoms with van der Waals surface area (Å²) in [5, 5.41) is 8.76. The SMILES string of the molecule is CCOC(=O)c1cc(N)cnc1N(CCC#N)C1CC1. The fraction of sp³-hybridized carbons (Fsp3) is 0.500. The summed E-state index contributed by atoms with van der Waals surface area (Å²) in [5.41, 5.74) is 6.51. The molecular formula is C14H18N4O2. The molecule has 6 heteroatoms. The summed E-state index contributed by atoms with van der Waals surface area (Å²) in [7, 11) is 0. The highest BCUT2D eigenvalue weighted by atomic mass is 16.5. The fourth-order valence-corrected chi connectivity index (χ4v) is 2.08. The number of carbonyl (C=O) groups is 1. The molecule has 1 fully saturated rings. The van der Waals surface area contributed by atoms with Crippen molar-refractivity contribution >= 4 is 17.5 Å². The lowest BCUT2D eigenvalue weighted by Crippen LogP contribution is -2.29. The molecular weight excluding hydrogens is 256 g/mol. The second-order valence-corrected chi connectivity index (χ2v) is 4.69. The highest BCUT2D eigenvalue weighted by Gasteiger charge is 2.32. The average molecular weight is 274 g/mol. The van der Waals surface area contributed by atoms with E-state index in [1.807, 2.05) is 4.90 Å². The normalized spacial score (nSPS) is 13.6. The predicted octanol–water partition coefficient (Wildman–Crippen LogP) is 1.72. The molecule has 1 aliphatic rings. The first-order valence-electron chi connectivity index (χ1n) is 6.73. The maximum atomic E-state index is 12.0. The number of pyridine rings is 1. The number of hydrogen-bond donors (Lipinski definition) is 1. The molecule has 0 radical (unpaired) electrons. The number of anilines is 2. The van der Waals surface area contributed by atoms with Gasteiger partial charge in [0.1, 0.15) is 11.4 Å². The molecule has 0 saturated heterocycles. The van der Waals surface area contributed by atoms with Gasteiger partial charge < -0.3 is 15.4 Å². The Balaban J connectivity index is 2.32. The summed E-state index contributed by atoms with van der Waals surface area (Å²) in [6.07, 6.45) is 4.03. The minimum absolute atomic E-state index is 0.300. The Kier molecular flexibility index (Phi) is 4.41. The lowest BCUT2D eigenvalue weighted by Gasteiger charge is -2.24. The molecule has 1 saturated carbocycles. The summed E-state index contributed by atoms with van der Waals surface area (Å²) in [4.78, 5) is 18.3. The van der Waals surface area contributed by atoms with Crippen molar-refractivity contribution in [2.24, 2.45) is 0 Å². The molecule has 1 aromatic heterocycles. The van der Waals surface area contributed by atoms with Gasteiger partial charge in [-0.25, -0.2) is 9.78 Å². The van der Waals surface area contributed by atoms with Crippen LogP contribution >= 0.6 is 0 Å². The highest BCUT2D eigenvalue weighted by molar-refractivity contribution is 5.95. The van der Waals surface area contributed by atoms with Crippen LogP contribution in [0.4, 0.5) is 11.5 Å². The molecule has 1 aromatic rings. The van der Waals surface area contributed by atoms with Gasteiger partial charge in [-0.1, -0.05) is 0 Å². The minimum Gasteiger partial charge on any atom is -0.462 e. The zero-order chi connectivity index (χ0) is 14.5. The van der Waals surface area contributed by atoms with E-state index >= 15 is 0 Å². The molecule has 2 rings (SSSR count). The number of esters is 1. The number of nitrogens with zero attached hydrogens (tertiary/aromatic N) is 3. The summed E-state index contributed by atoms with van der Waals surface area (Å²) in [6.45, 7) is 2.62. The van der Waals surface area contributed by atoms with Gasteiger partial charge in [-0.2, -0.15) is 5.26 Å². The molecule has 20 heavy (non-hydrogen) atoms. The molecule has 0 bridgehead atoms. The Morgan fingerprint density at radius 3 is 3.00 bits per heavy atom. The van der Waals surface area contributed by atoms with Crippen LogP contribution in [0, 0.1) is 11.3 Å². The first-order valence-corrected chi connectivity index (χ1v) is 6.73. The van der Waals surface area contributed by atoms with Crippen LogP contribution < -0.4 is 10.6 Å². The lowest BCUT2D eigenvalue weighted by molar-refractivity contribution is 0.0526. The standard InChI is InChI=1S/C14H18N4O2/c1-2-20-14(19)12-8-10(16)9-17-13(12)18(7-3-6-15)11-4-5-11/h8-9,11H,2-5,7,16H2,1H3. The quantitative estimate of drug-likeness (QED) is 0.794. The summed E-state index contributed by atoms with van der Waals surface area (Å²) >= 11 is 0. The first kappa shape index (κ1) is 14.1. The van der Waals surface area contributed by atoms with Crippen molar-refractivity contribution < 1.29 is 9.53 Å². The van der Waals surface area contributed by atoms with Crippen LogP contribution in [-0.2, 0) is 4.74 Å². The second-order valence-electron chi connectivity index (χ2n) is 4.69. The van der Waals surface area contributed by atoms with Gasteiger partial charge in [0.15, 0.2) is 0 Å². The van der Waals surface area contributed by atoms with Crippen LogP contribution in [0.5, 0.6) is 0 Å². The molecule has 2 N–H and O–H groups in total. The Morgan fingerprint density at radius 2 is 2.40 bits per heavy atom. The number of ether oxygens (including phenoxy) is 1. The van der Waals surface area contributed by atoms with Gasteiger partial charge in [0, 0.05) is 12.6 Å². The predicted molar refractivity (Wildman–Crippen MR) is 75.2 cm³/mol. The summed E-state index contributed by atoms with van der Waals surface area (Å²) < 4.78 is 5.05. The van der Waals surface area contributed by atoms with Crippen LogP contribution in [0.2, 0.25) is 0 Å². The van der Waals surface area contributed by atoms with Crippen molar-refractivity contribution in [1.29, 1.82) is 5.26 Å². The lowest BCUT2D eigenvalue weighted by atomic mass is 10.2. The number of aromatic nitrogens is 1. The monoisotopic (exact) mass is 274 g/mol. The number of carbonyl (C=O) groups excluding carboxylic acids is 1. The van der Waals surface area contributed by atoms with E-state index in [1.165, 1.54) is 6.20 Å². The Labute approximate surface area is 118 Å². The Morgan fingerprint density at radius 1 is 1.65 bits per heavy atom. The smallest absolute Gasteiger partial charge is 0.341 e. The molecule has 0 spiro atoms. The molecule has 0 amide bonds. The number of nitriles is 1. The third-order valence-electron chi connectivity index (χ3n) is 3.11. The van der Waals surface area contributed by atoms with E-state index in [1.54, 1.807) is 13.0 Å². The van der Waals surface area contributed by atoms with E-state index in [-0.39, 0.29) is 0 Å². The van der Waals surface area contributed by atoms with E-state index in [2.05, 4.69) is 11.1 Å². The van der Waals surface area contributed by atoms with Gasteiger partial charge in [0.25, 0.3) is 0 Å². The maximum absolute atomic E-state index is 12.0. The van der Waals surface area contributed by atoms with Crippen LogP contribution in [0.3, 0.4) is 0 Å². The third kappa shape index (κ3) is 3.18. The summed E-state index contributed by atoms with van der Waals surface area (Å²) in [6, 6.07) is 4.07. The zero-order valence-corrected chi connectivity index (χ0v) is 11.5. The molecule has 0 aliphatic heterocycles. The fourth-order valence-electron chi connectivity index (χ4n) is 2.08. The van der Waals surface area contributed by atoms with Crippen molar-refractivity contribution in [3.8, 4) is 6.07 Å². The van der Waals surface area contributed by atoms with E-state index in [4.69, 9.17) is 15.7 Å². The van der Waals surface area contributed by atoms with E-state index in [9.17, 15) is 4.79 Å².